The van der Waals surface area contributed by atoms with Crippen molar-refractivity contribution in [2.24, 2.45) is 35.5 Å². The van der Waals surface area contributed by atoms with Crippen LogP contribution in [0.15, 0.2) is 0 Å². The second-order valence-electron chi connectivity index (χ2n) is 14.1. The lowest BCUT2D eigenvalue weighted by Gasteiger charge is -2.38. The van der Waals surface area contributed by atoms with Gasteiger partial charge in [0.2, 0.25) is 11.8 Å². The Balaban J connectivity index is 1.01. The highest BCUT2D eigenvalue weighted by Crippen LogP contribution is 2.56. The molecule has 2 heterocycles. The van der Waals surface area contributed by atoms with Gasteiger partial charge in [0.1, 0.15) is 11.1 Å². The van der Waals surface area contributed by atoms with Crippen LogP contribution in [0.4, 0.5) is 0 Å². The van der Waals surface area contributed by atoms with E-state index in [1.165, 1.54) is 64.2 Å². The van der Waals surface area contributed by atoms with Gasteiger partial charge in [-0.15, -0.1) is 0 Å². The number of nitrogens with zero attached hydrogens (tertiary/aromatic N) is 2. The van der Waals surface area contributed by atoms with E-state index in [2.05, 4.69) is 0 Å². The van der Waals surface area contributed by atoms with Crippen LogP contribution in [0.2, 0.25) is 0 Å². The molecule has 2 amide bonds. The average Bonchev–Trinajstić information content (AvgIpc) is 3.75. The fourth-order valence-corrected chi connectivity index (χ4v) is 10.0. The molecule has 8 nitrogen and oxygen atoms in total. The van der Waals surface area contributed by atoms with Gasteiger partial charge in [0.05, 0.1) is 11.8 Å². The first-order chi connectivity index (χ1) is 19.3. The third-order valence-electron chi connectivity index (χ3n) is 12.4. The first kappa shape index (κ1) is 28.0. The molecule has 4 aliphatic carbocycles. The summed E-state index contributed by atoms with van der Waals surface area (Å²) in [5, 5.41) is 20.2. The second kappa shape index (κ2) is 10.9. The standard InChI is InChI=1S/C32H48N2O6/c35-27(36)25-19-23(21-9-3-1-4-10-21)13-15-31(25)29(39)33(31)17-7-8-18-34-30(40)32(34)16-14-24(20-26(32)28(37)38)22-11-5-2-6-12-22/h21-26H,1-20H2,(H,35,36)(H,37,38). The van der Waals surface area contributed by atoms with Crippen LogP contribution in [0.5, 0.6) is 0 Å². The SMILES string of the molecule is O=C(O)C1CC(C2CCCCC2)CCC12C(=O)N2CCCCN1C(=O)C12CCC(C1CCCCC1)CC2C(=O)O. The average molecular weight is 557 g/mol. The maximum absolute atomic E-state index is 13.0. The fraction of sp³-hybridized carbons (Fsp3) is 0.875. The van der Waals surface area contributed by atoms with Crippen molar-refractivity contribution in [3.63, 3.8) is 0 Å². The Kier molecular flexibility index (Phi) is 7.66. The summed E-state index contributed by atoms with van der Waals surface area (Å²) in [6, 6.07) is 0. The molecule has 6 aliphatic rings. The Morgan fingerprint density at radius 1 is 0.600 bits per heavy atom. The molecule has 2 saturated heterocycles. The fourth-order valence-electron chi connectivity index (χ4n) is 10.0. The molecule has 0 bridgehead atoms. The quantitative estimate of drug-likeness (QED) is 0.302. The zero-order chi connectivity index (χ0) is 28.1. The van der Waals surface area contributed by atoms with E-state index < -0.39 is 34.9 Å². The van der Waals surface area contributed by atoms with Crippen molar-refractivity contribution < 1.29 is 29.4 Å². The van der Waals surface area contributed by atoms with Crippen LogP contribution in [0.1, 0.15) is 116 Å². The first-order valence-corrected chi connectivity index (χ1v) is 16.4. The lowest BCUT2D eigenvalue weighted by molar-refractivity contribution is -0.147. The van der Waals surface area contributed by atoms with E-state index in [9.17, 15) is 29.4 Å². The molecule has 6 rings (SSSR count). The van der Waals surface area contributed by atoms with E-state index in [0.29, 0.717) is 75.3 Å². The Bertz CT molecular complexity index is 939. The number of unbranched alkanes of at least 4 members (excludes halogenated alkanes) is 1. The van der Waals surface area contributed by atoms with Crippen molar-refractivity contribution in [3.8, 4) is 0 Å². The molecule has 6 fully saturated rings. The zero-order valence-corrected chi connectivity index (χ0v) is 24.0. The molecular formula is C32H48N2O6. The smallest absolute Gasteiger partial charge is 0.309 e. The van der Waals surface area contributed by atoms with Crippen molar-refractivity contribution in [2.75, 3.05) is 13.1 Å². The van der Waals surface area contributed by atoms with Gasteiger partial charge < -0.3 is 20.0 Å². The van der Waals surface area contributed by atoms with Gasteiger partial charge in [-0.2, -0.15) is 0 Å². The highest BCUT2D eigenvalue weighted by Gasteiger charge is 2.71. The third-order valence-corrected chi connectivity index (χ3v) is 12.4. The van der Waals surface area contributed by atoms with Crippen LogP contribution < -0.4 is 0 Å². The van der Waals surface area contributed by atoms with Gasteiger partial charge in [-0.1, -0.05) is 64.2 Å². The largest absolute Gasteiger partial charge is 0.481 e. The van der Waals surface area contributed by atoms with E-state index in [-0.39, 0.29) is 11.8 Å². The highest BCUT2D eigenvalue weighted by atomic mass is 16.4. The van der Waals surface area contributed by atoms with Crippen molar-refractivity contribution in [3.05, 3.63) is 0 Å². The summed E-state index contributed by atoms with van der Waals surface area (Å²) in [7, 11) is 0. The molecule has 0 aromatic rings. The molecule has 0 aromatic heterocycles. The maximum atomic E-state index is 13.0. The summed E-state index contributed by atoms with van der Waals surface area (Å²) in [5.41, 5.74) is -1.64. The van der Waals surface area contributed by atoms with E-state index >= 15 is 0 Å². The summed E-state index contributed by atoms with van der Waals surface area (Å²) < 4.78 is 0. The van der Waals surface area contributed by atoms with Gasteiger partial charge in [0.25, 0.3) is 0 Å². The molecule has 0 aromatic carbocycles. The molecule has 40 heavy (non-hydrogen) atoms. The molecule has 6 atom stereocenters. The monoisotopic (exact) mass is 556 g/mol. The summed E-state index contributed by atoms with van der Waals surface area (Å²) in [6.07, 6.45) is 18.1. The Labute approximate surface area is 238 Å². The minimum atomic E-state index is -0.837. The van der Waals surface area contributed by atoms with Crippen LogP contribution in [-0.4, -0.2) is 67.9 Å². The number of carboxylic acid groups (broad SMARTS) is 2. The lowest BCUT2D eigenvalue weighted by atomic mass is 9.66. The second-order valence-corrected chi connectivity index (χ2v) is 14.1. The minimum absolute atomic E-state index is 0.00625. The van der Waals surface area contributed by atoms with E-state index in [4.69, 9.17) is 0 Å². The molecule has 8 heteroatoms. The summed E-state index contributed by atoms with van der Waals surface area (Å²) in [4.78, 5) is 54.3. The molecule has 4 saturated carbocycles. The van der Waals surface area contributed by atoms with Crippen LogP contribution >= 0.6 is 0 Å². The number of carboxylic acids is 2. The molecule has 6 unspecified atom stereocenters. The predicted octanol–water partition coefficient (Wildman–Crippen LogP) is 5.09. The van der Waals surface area contributed by atoms with Gasteiger partial charge in [-0.25, -0.2) is 0 Å². The third kappa shape index (κ3) is 4.65. The molecule has 2 N–H and O–H groups in total. The molecule has 2 aliphatic heterocycles. The number of hydrogen-bond acceptors (Lipinski definition) is 4. The molecule has 222 valence electrons. The lowest BCUT2D eigenvalue weighted by Crippen LogP contribution is -2.43. The molecule has 0 radical (unpaired) electrons. The highest BCUT2D eigenvalue weighted by molar-refractivity contribution is 6.06. The van der Waals surface area contributed by atoms with Gasteiger partial charge >= 0.3 is 11.9 Å². The van der Waals surface area contributed by atoms with Gasteiger partial charge in [-0.05, 0) is 75.0 Å². The summed E-state index contributed by atoms with van der Waals surface area (Å²) in [6.45, 7) is 1.05. The Morgan fingerprint density at radius 2 is 0.975 bits per heavy atom. The zero-order valence-electron chi connectivity index (χ0n) is 24.0. The summed E-state index contributed by atoms with van der Waals surface area (Å²) >= 11 is 0. The summed E-state index contributed by atoms with van der Waals surface area (Å²) in [5.74, 6) is -0.860. The maximum Gasteiger partial charge on any atom is 0.309 e. The Morgan fingerprint density at radius 3 is 1.32 bits per heavy atom. The van der Waals surface area contributed by atoms with E-state index in [1.54, 1.807) is 9.80 Å². The molecule has 2 spiro atoms. The number of rotatable bonds is 9. The van der Waals surface area contributed by atoms with Crippen LogP contribution in [0.3, 0.4) is 0 Å². The number of hydrogen-bond donors (Lipinski definition) is 2. The van der Waals surface area contributed by atoms with E-state index in [0.717, 1.165) is 12.8 Å². The predicted molar refractivity (Wildman–Crippen MR) is 148 cm³/mol. The topological polar surface area (TPSA) is 115 Å². The van der Waals surface area contributed by atoms with Crippen molar-refractivity contribution >= 4 is 23.8 Å². The van der Waals surface area contributed by atoms with Crippen molar-refractivity contribution in [1.82, 2.24) is 9.80 Å². The van der Waals surface area contributed by atoms with E-state index in [1.807, 2.05) is 0 Å². The van der Waals surface area contributed by atoms with Gasteiger partial charge in [0, 0.05) is 13.1 Å². The van der Waals surface area contributed by atoms with Crippen molar-refractivity contribution in [2.45, 2.75) is 127 Å². The van der Waals surface area contributed by atoms with Gasteiger partial charge in [-0.3, -0.25) is 19.2 Å². The van der Waals surface area contributed by atoms with Gasteiger partial charge in [0.15, 0.2) is 0 Å². The number of aliphatic carboxylic acids is 2. The number of carbonyl (C=O) groups excluding carboxylic acids is 2. The van der Waals surface area contributed by atoms with Crippen LogP contribution in [0, 0.1) is 35.5 Å². The molecular weight excluding hydrogens is 508 g/mol. The normalized spacial score (nSPS) is 38.7. The van der Waals surface area contributed by atoms with Crippen molar-refractivity contribution in [1.29, 1.82) is 0 Å². The Hall–Kier alpha value is -2.12. The minimum Gasteiger partial charge on any atom is -0.481 e. The number of amides is 2. The number of carbonyl (C=O) groups is 4. The first-order valence-electron chi connectivity index (χ1n) is 16.4. The van der Waals surface area contributed by atoms with Crippen LogP contribution in [-0.2, 0) is 19.2 Å². The van der Waals surface area contributed by atoms with Crippen LogP contribution in [0.25, 0.3) is 0 Å².